The Balaban J connectivity index is 0.00000118. The van der Waals surface area contributed by atoms with E-state index in [9.17, 15) is 13.6 Å². The Morgan fingerprint density at radius 2 is 1.85 bits per heavy atom. The van der Waals surface area contributed by atoms with E-state index in [0.717, 1.165) is 17.5 Å². The molecular formula is C25H32F2N6O. The molecule has 0 fully saturated rings. The highest BCUT2D eigenvalue weighted by Gasteiger charge is 2.15. The number of nitrogens with two attached hydrogens (primary N) is 3. The zero-order valence-electron chi connectivity index (χ0n) is 19.9. The summed E-state index contributed by atoms with van der Waals surface area (Å²) in [6, 6.07) is 8.82. The zero-order valence-corrected chi connectivity index (χ0v) is 19.9. The van der Waals surface area contributed by atoms with Gasteiger partial charge in [0.2, 0.25) is 0 Å². The lowest BCUT2D eigenvalue weighted by Crippen LogP contribution is -2.39. The van der Waals surface area contributed by atoms with Crippen LogP contribution in [-0.4, -0.2) is 35.3 Å². The van der Waals surface area contributed by atoms with Crippen LogP contribution in [0.2, 0.25) is 0 Å². The second-order valence-electron chi connectivity index (χ2n) is 6.66. The van der Waals surface area contributed by atoms with Crippen LogP contribution in [-0.2, 0) is 0 Å². The summed E-state index contributed by atoms with van der Waals surface area (Å²) < 4.78 is 22.4. The first-order valence-electron chi connectivity index (χ1n) is 10.2. The molecule has 0 radical (unpaired) electrons. The zero-order chi connectivity index (χ0) is 26.1. The van der Waals surface area contributed by atoms with E-state index in [1.807, 2.05) is 31.2 Å². The van der Waals surface area contributed by atoms with E-state index >= 15 is 0 Å². The van der Waals surface area contributed by atoms with Crippen LogP contribution >= 0.6 is 0 Å². The van der Waals surface area contributed by atoms with Crippen molar-refractivity contribution in [3.8, 4) is 23.5 Å². The number of pyridine rings is 1. The average molecular weight is 471 g/mol. The van der Waals surface area contributed by atoms with E-state index in [4.69, 9.17) is 23.8 Å². The molecule has 7 nitrogen and oxygen atoms in total. The predicted octanol–water partition coefficient (Wildman–Crippen LogP) is 4.37. The third-order valence-corrected chi connectivity index (χ3v) is 4.22. The number of nitrogen functional groups attached to an aromatic ring is 1. The molecule has 0 atom stereocenters. The standard InChI is InChI=1S/C18H21FN6O.C6H8.CH3F/c1-11(19)7-8-25(22)18(24-21)16-9-15(10-23-17(16)20)14-5-3-13(4-6-14)12(2)26;1-3-5-6-4-2;1-2/h3-7,9-10H,8,21-22H2,1-2H3,(H2,20,23);1,4,6H,5H2,2H3;1H3/b11-7+,24-18-;6-4-;. The summed E-state index contributed by atoms with van der Waals surface area (Å²) in [5.74, 6) is 13.8. The summed E-state index contributed by atoms with van der Waals surface area (Å²) in [4.78, 5) is 15.6. The van der Waals surface area contributed by atoms with E-state index in [2.05, 4.69) is 16.0 Å². The van der Waals surface area contributed by atoms with Gasteiger partial charge >= 0.3 is 0 Å². The highest BCUT2D eigenvalue weighted by molar-refractivity contribution is 6.03. The molecule has 0 unspecified atom stereocenters. The van der Waals surface area contributed by atoms with E-state index in [-0.39, 0.29) is 29.8 Å². The largest absolute Gasteiger partial charge is 0.383 e. The first-order valence-corrected chi connectivity index (χ1v) is 10.2. The Hall–Kier alpha value is -4.03. The van der Waals surface area contributed by atoms with Crippen molar-refractivity contribution in [2.45, 2.75) is 27.2 Å². The van der Waals surface area contributed by atoms with Gasteiger partial charge in [-0.2, -0.15) is 5.10 Å². The fourth-order valence-electron chi connectivity index (χ4n) is 2.50. The molecule has 0 aliphatic carbocycles. The second kappa shape index (κ2) is 16.6. The number of carbonyl (C=O) groups excluding carboxylic acids is 1. The molecule has 0 amide bonds. The molecule has 0 saturated carbocycles. The molecule has 0 aliphatic heterocycles. The van der Waals surface area contributed by atoms with Crippen LogP contribution in [0, 0.1) is 12.3 Å². The number of anilines is 1. The van der Waals surface area contributed by atoms with Gasteiger partial charge in [0.05, 0.1) is 25.1 Å². The SMILES string of the molecule is C#CC/C=C\C.CC(=O)c1ccc(-c2cnc(N)c(/C(=N/N)N(N)C/C=C(\C)F)c2)cc1.CF. The molecule has 0 aliphatic rings. The molecule has 1 aromatic carbocycles. The quantitative estimate of drug-likeness (QED) is 0.110. The molecule has 34 heavy (non-hydrogen) atoms. The van der Waals surface area contributed by atoms with Gasteiger partial charge in [0.25, 0.3) is 0 Å². The highest BCUT2D eigenvalue weighted by atomic mass is 19.1. The number of rotatable bonds is 6. The number of hydrogen-bond donors (Lipinski definition) is 3. The van der Waals surface area contributed by atoms with Gasteiger partial charge in [-0.15, -0.1) is 12.3 Å². The van der Waals surface area contributed by atoms with Crippen molar-refractivity contribution in [3.63, 3.8) is 0 Å². The summed E-state index contributed by atoms with van der Waals surface area (Å²) in [5.41, 5.74) is 8.56. The van der Waals surface area contributed by atoms with E-state index in [1.165, 1.54) is 24.9 Å². The minimum absolute atomic E-state index is 0.0137. The van der Waals surface area contributed by atoms with Crippen LogP contribution in [0.4, 0.5) is 14.6 Å². The van der Waals surface area contributed by atoms with Gasteiger partial charge in [-0.25, -0.2) is 15.2 Å². The van der Waals surface area contributed by atoms with Crippen molar-refractivity contribution < 1.29 is 13.6 Å². The number of ketones is 1. The monoisotopic (exact) mass is 470 g/mol. The summed E-state index contributed by atoms with van der Waals surface area (Å²) in [5, 5.41) is 4.85. The number of allylic oxidation sites excluding steroid dienone is 3. The number of nitrogens with zero attached hydrogens (tertiary/aromatic N) is 3. The van der Waals surface area contributed by atoms with Gasteiger partial charge in [0, 0.05) is 23.7 Å². The maximum Gasteiger partial charge on any atom is 0.173 e. The highest BCUT2D eigenvalue weighted by Crippen LogP contribution is 2.23. The van der Waals surface area contributed by atoms with Gasteiger partial charge in [-0.05, 0) is 38.5 Å². The molecule has 0 bridgehead atoms. The topological polar surface area (TPSA) is 124 Å². The van der Waals surface area contributed by atoms with Gasteiger partial charge < -0.3 is 11.6 Å². The molecule has 182 valence electrons. The van der Waals surface area contributed by atoms with Crippen molar-refractivity contribution in [2.24, 2.45) is 16.8 Å². The number of carbonyl (C=O) groups is 1. The molecule has 0 spiro atoms. The summed E-state index contributed by atoms with van der Waals surface area (Å²) >= 11 is 0. The summed E-state index contributed by atoms with van der Waals surface area (Å²) in [6.45, 7) is 4.84. The number of aromatic nitrogens is 1. The molecule has 0 saturated heterocycles. The number of terminal acetylenes is 1. The maximum atomic E-state index is 12.9. The van der Waals surface area contributed by atoms with Crippen LogP contribution in [0.3, 0.4) is 0 Å². The van der Waals surface area contributed by atoms with Crippen molar-refractivity contribution >= 4 is 17.4 Å². The van der Waals surface area contributed by atoms with Gasteiger partial charge in [0.1, 0.15) is 5.82 Å². The van der Waals surface area contributed by atoms with Crippen molar-refractivity contribution in [1.82, 2.24) is 9.99 Å². The lowest BCUT2D eigenvalue weighted by Gasteiger charge is -2.19. The first-order chi connectivity index (χ1) is 16.2. The molecule has 6 N–H and O–H groups in total. The number of halogens is 2. The number of Topliss-reactive ketones (excluding diaryl/α,β-unsaturated/α-hetero) is 1. The molecule has 1 aromatic heterocycles. The van der Waals surface area contributed by atoms with Crippen LogP contribution in [0.5, 0.6) is 0 Å². The predicted molar refractivity (Wildman–Crippen MR) is 136 cm³/mol. The summed E-state index contributed by atoms with van der Waals surface area (Å²) in [7, 11) is 0.500. The van der Waals surface area contributed by atoms with Gasteiger partial charge in [-0.1, -0.05) is 36.4 Å². The lowest BCUT2D eigenvalue weighted by molar-refractivity contribution is 0.101. The average Bonchev–Trinajstić information content (AvgIpc) is 2.84. The maximum absolute atomic E-state index is 12.9. The molecule has 1 heterocycles. The minimum Gasteiger partial charge on any atom is -0.383 e. The summed E-state index contributed by atoms with van der Waals surface area (Å²) in [6.07, 6.45) is 12.5. The third-order valence-electron chi connectivity index (χ3n) is 4.22. The lowest BCUT2D eigenvalue weighted by atomic mass is 10.0. The number of benzene rings is 1. The Morgan fingerprint density at radius 1 is 1.24 bits per heavy atom. The number of hydrogen-bond acceptors (Lipinski definition) is 6. The number of hydrazone groups is 1. The molecule has 2 aromatic rings. The third kappa shape index (κ3) is 10.1. The van der Waals surface area contributed by atoms with Crippen LogP contribution in [0.25, 0.3) is 11.1 Å². The van der Waals surface area contributed by atoms with Crippen LogP contribution in [0.1, 0.15) is 43.1 Å². The smallest absolute Gasteiger partial charge is 0.173 e. The Morgan fingerprint density at radius 3 is 2.29 bits per heavy atom. The van der Waals surface area contributed by atoms with E-state index in [1.54, 1.807) is 24.4 Å². The molecular weight excluding hydrogens is 438 g/mol. The van der Waals surface area contributed by atoms with Crippen molar-refractivity contribution in [1.29, 1.82) is 0 Å². The van der Waals surface area contributed by atoms with E-state index < -0.39 is 0 Å². The Kier molecular flexibility index (Phi) is 14.6. The van der Waals surface area contributed by atoms with Gasteiger partial charge in [-0.3, -0.25) is 14.2 Å². The van der Waals surface area contributed by atoms with Crippen LogP contribution in [0.15, 0.2) is 65.7 Å². The Bertz CT molecular complexity index is 1040. The van der Waals surface area contributed by atoms with Crippen LogP contribution < -0.4 is 17.4 Å². The molecule has 2 rings (SSSR count). The fraction of sp³-hybridized carbons (Fsp3) is 0.240. The molecule has 9 heteroatoms. The number of amidine groups is 1. The van der Waals surface area contributed by atoms with E-state index in [0.29, 0.717) is 18.3 Å². The fourth-order valence-corrected chi connectivity index (χ4v) is 2.50. The Labute approximate surface area is 200 Å². The number of alkyl halides is 1. The number of hydrazine groups is 1. The van der Waals surface area contributed by atoms with Crippen molar-refractivity contribution in [2.75, 3.05) is 19.5 Å². The minimum atomic E-state index is -0.373. The van der Waals surface area contributed by atoms with Crippen molar-refractivity contribution in [3.05, 3.63) is 71.7 Å². The second-order valence-corrected chi connectivity index (χ2v) is 6.66. The van der Waals surface area contributed by atoms with Gasteiger partial charge in [0.15, 0.2) is 11.6 Å². The normalized spacial score (nSPS) is 11.0. The first kappa shape index (κ1) is 30.0.